The van der Waals surface area contributed by atoms with E-state index in [1.54, 1.807) is 4.90 Å². The number of carbonyl (C=O) groups excluding carboxylic acids is 1. The molecule has 1 amide bonds. The molecule has 0 spiro atoms. The molecule has 9 heteroatoms. The van der Waals surface area contributed by atoms with Crippen molar-refractivity contribution in [2.24, 2.45) is 0 Å². The summed E-state index contributed by atoms with van der Waals surface area (Å²) in [5.74, 6) is -1.75. The van der Waals surface area contributed by atoms with Crippen LogP contribution in [0.15, 0.2) is 53.4 Å². The van der Waals surface area contributed by atoms with Gasteiger partial charge >= 0.3 is 0 Å². The monoisotopic (exact) mass is 457 g/mol. The van der Waals surface area contributed by atoms with Crippen LogP contribution in [-0.2, 0) is 10.0 Å². The van der Waals surface area contributed by atoms with Crippen molar-refractivity contribution in [3.05, 3.63) is 71.4 Å². The first kappa shape index (κ1) is 21.0. The Morgan fingerprint density at radius 2 is 1.69 bits per heavy atom. The number of fused-ring (bicyclic) bond motifs is 1. The van der Waals surface area contributed by atoms with Crippen LogP contribution < -0.4 is 0 Å². The molecule has 1 saturated carbocycles. The fraction of sp³-hybridized carbons (Fsp3) is 0.304. The second kappa shape index (κ2) is 7.90. The predicted molar refractivity (Wildman–Crippen MR) is 115 cm³/mol. The van der Waals surface area contributed by atoms with Crippen LogP contribution in [-0.4, -0.2) is 54.7 Å². The third-order valence-electron chi connectivity index (χ3n) is 6.00. The van der Waals surface area contributed by atoms with Crippen molar-refractivity contribution in [2.75, 3.05) is 26.2 Å². The van der Waals surface area contributed by atoms with Crippen LogP contribution >= 0.6 is 0 Å². The van der Waals surface area contributed by atoms with Crippen molar-refractivity contribution < 1.29 is 22.0 Å². The number of amides is 1. The average molecular weight is 458 g/mol. The summed E-state index contributed by atoms with van der Waals surface area (Å²) in [7, 11) is -4.12. The highest BCUT2D eigenvalue weighted by Gasteiger charge is 2.33. The van der Waals surface area contributed by atoms with Crippen LogP contribution in [0.5, 0.6) is 0 Å². The number of nitrogens with zero attached hydrogens (tertiary/aromatic N) is 3. The van der Waals surface area contributed by atoms with Crippen molar-refractivity contribution >= 4 is 26.8 Å². The summed E-state index contributed by atoms with van der Waals surface area (Å²) in [6.45, 7) is 0.416. The van der Waals surface area contributed by atoms with Gasteiger partial charge in [-0.1, -0.05) is 18.2 Å². The smallest absolute Gasteiger partial charge is 0.254 e. The lowest BCUT2D eigenvalue weighted by molar-refractivity contribution is 0.0699. The molecule has 0 unspecified atom stereocenters. The molecule has 2 heterocycles. The molecule has 5 rings (SSSR count). The van der Waals surface area contributed by atoms with Gasteiger partial charge in [-0.15, -0.1) is 0 Å². The number of hydrogen-bond acceptors (Lipinski definition) is 4. The van der Waals surface area contributed by atoms with E-state index < -0.39 is 26.6 Å². The van der Waals surface area contributed by atoms with E-state index in [1.165, 1.54) is 0 Å². The molecule has 0 bridgehead atoms. The highest BCUT2D eigenvalue weighted by Crippen LogP contribution is 2.40. The maximum Gasteiger partial charge on any atom is 0.254 e. The maximum absolute atomic E-state index is 14.1. The molecule has 0 radical (unpaired) electrons. The van der Waals surface area contributed by atoms with E-state index in [2.05, 4.69) is 0 Å². The van der Waals surface area contributed by atoms with Gasteiger partial charge in [-0.2, -0.15) is 4.31 Å². The Labute approximate surface area is 184 Å². The Bertz CT molecular complexity index is 1320. The summed E-state index contributed by atoms with van der Waals surface area (Å²) < 4.78 is 54.0. The van der Waals surface area contributed by atoms with Crippen molar-refractivity contribution in [1.82, 2.24) is 14.2 Å². The Hall–Kier alpha value is -2.91. The van der Waals surface area contributed by atoms with Gasteiger partial charge in [0.05, 0.1) is 11.1 Å². The van der Waals surface area contributed by atoms with Crippen LogP contribution in [0.3, 0.4) is 0 Å². The number of sulfonamides is 1. The number of piperazine rings is 1. The molecule has 6 nitrogen and oxygen atoms in total. The third-order valence-corrected chi connectivity index (χ3v) is 7.93. The minimum absolute atomic E-state index is 0.0311. The number of aromatic nitrogens is 1. The van der Waals surface area contributed by atoms with Gasteiger partial charge in [-0.3, -0.25) is 9.78 Å². The molecular weight excluding hydrogens is 436 g/mol. The van der Waals surface area contributed by atoms with Crippen LogP contribution in [0, 0.1) is 11.6 Å². The number of para-hydroxylation sites is 1. The number of rotatable bonds is 4. The second-order valence-corrected chi connectivity index (χ2v) is 10.1. The molecule has 1 aliphatic carbocycles. The summed E-state index contributed by atoms with van der Waals surface area (Å²) in [5.41, 5.74) is 2.26. The molecular formula is C23H21F2N3O3S. The number of pyridine rings is 1. The molecule has 32 heavy (non-hydrogen) atoms. The molecule has 2 aliphatic rings. The van der Waals surface area contributed by atoms with Crippen molar-refractivity contribution in [2.45, 2.75) is 23.7 Å². The standard InChI is InChI=1S/C23H21F2N3O3S/c24-16-7-8-22(19(25)13-16)32(30,31)28-11-9-27(10-12-28)23(29)18-14-21(15-5-6-15)26-20-4-2-1-3-17(18)20/h1-4,7-8,13-15H,5-6,9-12H2. The van der Waals surface area contributed by atoms with Crippen LogP contribution in [0.2, 0.25) is 0 Å². The zero-order chi connectivity index (χ0) is 22.5. The average Bonchev–Trinajstić information content (AvgIpc) is 3.63. The Morgan fingerprint density at radius 1 is 0.969 bits per heavy atom. The fourth-order valence-corrected chi connectivity index (χ4v) is 5.55. The topological polar surface area (TPSA) is 70.6 Å². The first-order valence-electron chi connectivity index (χ1n) is 10.5. The number of carbonyl (C=O) groups is 1. The maximum atomic E-state index is 14.1. The van der Waals surface area contributed by atoms with Crippen LogP contribution in [0.4, 0.5) is 8.78 Å². The minimum atomic E-state index is -4.12. The van der Waals surface area contributed by atoms with Gasteiger partial charge in [0.2, 0.25) is 10.0 Å². The highest BCUT2D eigenvalue weighted by atomic mass is 32.2. The molecule has 1 aliphatic heterocycles. The minimum Gasteiger partial charge on any atom is -0.336 e. The lowest BCUT2D eigenvalue weighted by Gasteiger charge is -2.34. The number of hydrogen-bond donors (Lipinski definition) is 0. The number of benzene rings is 2. The van der Waals surface area contributed by atoms with Gasteiger partial charge in [0, 0.05) is 49.2 Å². The SMILES string of the molecule is O=C(c1cc(C2CC2)nc2ccccc12)N1CCN(S(=O)(=O)c2ccc(F)cc2F)CC1. The normalized spacial score (nSPS) is 17.6. The van der Waals surface area contributed by atoms with Crippen LogP contribution in [0.25, 0.3) is 10.9 Å². The van der Waals surface area contributed by atoms with Gasteiger partial charge in [0.15, 0.2) is 0 Å². The lowest BCUT2D eigenvalue weighted by atomic mass is 10.0. The summed E-state index contributed by atoms with van der Waals surface area (Å²) >= 11 is 0. The van der Waals surface area contributed by atoms with Gasteiger partial charge in [-0.25, -0.2) is 17.2 Å². The van der Waals surface area contributed by atoms with Gasteiger partial charge in [0.1, 0.15) is 16.5 Å². The van der Waals surface area contributed by atoms with E-state index in [0.717, 1.165) is 45.9 Å². The van der Waals surface area contributed by atoms with E-state index in [9.17, 15) is 22.0 Å². The highest BCUT2D eigenvalue weighted by molar-refractivity contribution is 7.89. The first-order valence-corrected chi connectivity index (χ1v) is 11.9. The zero-order valence-electron chi connectivity index (χ0n) is 17.2. The zero-order valence-corrected chi connectivity index (χ0v) is 18.0. The van der Waals surface area contributed by atoms with Gasteiger partial charge < -0.3 is 4.90 Å². The van der Waals surface area contributed by atoms with E-state index in [0.29, 0.717) is 17.5 Å². The van der Waals surface area contributed by atoms with Gasteiger partial charge in [0.25, 0.3) is 5.91 Å². The molecule has 3 aromatic rings. The van der Waals surface area contributed by atoms with E-state index in [4.69, 9.17) is 4.98 Å². The molecule has 0 N–H and O–H groups in total. The summed E-state index contributed by atoms with van der Waals surface area (Å²) in [4.78, 5) is 19.1. The Balaban J connectivity index is 1.37. The summed E-state index contributed by atoms with van der Waals surface area (Å²) in [6, 6.07) is 11.8. The van der Waals surface area contributed by atoms with E-state index in [1.807, 2.05) is 30.3 Å². The van der Waals surface area contributed by atoms with Crippen molar-refractivity contribution in [3.8, 4) is 0 Å². The molecule has 166 valence electrons. The molecule has 2 fully saturated rings. The largest absolute Gasteiger partial charge is 0.336 e. The van der Waals surface area contributed by atoms with Crippen molar-refractivity contribution in [3.63, 3.8) is 0 Å². The fourth-order valence-electron chi connectivity index (χ4n) is 4.09. The van der Waals surface area contributed by atoms with Crippen molar-refractivity contribution in [1.29, 1.82) is 0 Å². The molecule has 2 aromatic carbocycles. The molecule has 0 atom stereocenters. The summed E-state index contributed by atoms with van der Waals surface area (Å²) in [6.07, 6.45) is 2.13. The second-order valence-electron chi connectivity index (χ2n) is 8.16. The van der Waals surface area contributed by atoms with Crippen LogP contribution in [0.1, 0.15) is 34.8 Å². The first-order chi connectivity index (χ1) is 15.3. The quantitative estimate of drug-likeness (QED) is 0.601. The Kier molecular flexibility index (Phi) is 5.17. The third kappa shape index (κ3) is 3.75. The lowest BCUT2D eigenvalue weighted by Crippen LogP contribution is -2.50. The Morgan fingerprint density at radius 3 is 2.38 bits per heavy atom. The van der Waals surface area contributed by atoms with Gasteiger partial charge in [-0.05, 0) is 37.1 Å². The summed E-state index contributed by atoms with van der Waals surface area (Å²) in [5, 5.41) is 0.769. The van der Waals surface area contributed by atoms with E-state index in [-0.39, 0.29) is 32.1 Å². The molecule has 1 aromatic heterocycles. The molecule has 1 saturated heterocycles. The van der Waals surface area contributed by atoms with E-state index >= 15 is 0 Å². The number of halogens is 2. The predicted octanol–water partition coefficient (Wildman–Crippen LogP) is 3.54.